The second kappa shape index (κ2) is 7.68. The lowest BCUT2D eigenvalue weighted by Crippen LogP contribution is -2.44. The minimum atomic E-state index is 0.363. The van der Waals surface area contributed by atoms with Crippen LogP contribution in [0.15, 0.2) is 28.8 Å². The molecular weight excluding hydrogens is 292 g/mol. The Kier molecular flexibility index (Phi) is 5.38. The number of rotatable bonds is 6. The van der Waals surface area contributed by atoms with Crippen LogP contribution in [0.1, 0.15) is 18.4 Å². The van der Waals surface area contributed by atoms with Crippen LogP contribution in [0.2, 0.25) is 0 Å². The summed E-state index contributed by atoms with van der Waals surface area (Å²) in [6, 6.07) is 8.42. The molecule has 2 heterocycles. The molecule has 1 aliphatic heterocycles. The number of benzene rings is 1. The molecule has 1 fully saturated rings. The molecule has 0 aliphatic carbocycles. The average Bonchev–Trinajstić information content (AvgIpc) is 3.03. The van der Waals surface area contributed by atoms with E-state index in [1.54, 1.807) is 0 Å². The van der Waals surface area contributed by atoms with Gasteiger partial charge in [-0.05, 0) is 19.4 Å². The van der Waals surface area contributed by atoms with E-state index in [-0.39, 0.29) is 0 Å². The van der Waals surface area contributed by atoms with Gasteiger partial charge < -0.3 is 14.6 Å². The molecule has 0 amide bonds. The summed E-state index contributed by atoms with van der Waals surface area (Å²) in [5, 5.41) is 7.53. The van der Waals surface area contributed by atoms with Crippen molar-refractivity contribution in [2.45, 2.75) is 26.4 Å². The lowest BCUT2D eigenvalue weighted by molar-refractivity contribution is 0.0342. The summed E-state index contributed by atoms with van der Waals surface area (Å²) < 4.78 is 10.7. The highest BCUT2D eigenvalue weighted by molar-refractivity contribution is 5.58. The molecule has 2 aromatic rings. The standard InChI is InChI=1S/C17H24N4O2/c1-13-5-3-4-6-15(13)17-19-16(23-20-17)11-18-14(2)12-21-7-9-22-10-8-21/h3-6,14,18H,7-12H2,1-2H3. The van der Waals surface area contributed by atoms with E-state index in [2.05, 4.69) is 27.3 Å². The third kappa shape index (κ3) is 4.37. The molecule has 6 heteroatoms. The van der Waals surface area contributed by atoms with Gasteiger partial charge in [-0.25, -0.2) is 0 Å². The van der Waals surface area contributed by atoms with Crippen molar-refractivity contribution >= 4 is 0 Å². The van der Waals surface area contributed by atoms with Crippen LogP contribution < -0.4 is 5.32 Å². The third-order valence-electron chi connectivity index (χ3n) is 4.09. The van der Waals surface area contributed by atoms with Gasteiger partial charge in [-0.2, -0.15) is 4.98 Å². The van der Waals surface area contributed by atoms with E-state index < -0.39 is 0 Å². The van der Waals surface area contributed by atoms with E-state index in [4.69, 9.17) is 9.26 Å². The van der Waals surface area contributed by atoms with Crippen molar-refractivity contribution in [3.8, 4) is 11.4 Å². The number of nitrogens with one attached hydrogen (secondary N) is 1. The van der Waals surface area contributed by atoms with Gasteiger partial charge in [0, 0.05) is 31.2 Å². The number of morpholine rings is 1. The molecule has 1 N–H and O–H groups in total. The van der Waals surface area contributed by atoms with Gasteiger partial charge in [-0.15, -0.1) is 0 Å². The van der Waals surface area contributed by atoms with Gasteiger partial charge in [-0.1, -0.05) is 29.4 Å². The van der Waals surface area contributed by atoms with Gasteiger partial charge >= 0.3 is 0 Å². The summed E-state index contributed by atoms with van der Waals surface area (Å²) in [7, 11) is 0. The Balaban J connectivity index is 1.52. The topological polar surface area (TPSA) is 63.4 Å². The zero-order chi connectivity index (χ0) is 16.1. The van der Waals surface area contributed by atoms with Gasteiger partial charge in [0.1, 0.15) is 0 Å². The monoisotopic (exact) mass is 316 g/mol. The molecule has 124 valence electrons. The second-order valence-corrected chi connectivity index (χ2v) is 6.02. The third-order valence-corrected chi connectivity index (χ3v) is 4.09. The highest BCUT2D eigenvalue weighted by Gasteiger charge is 2.15. The Labute approximate surface area is 136 Å². The van der Waals surface area contributed by atoms with Gasteiger partial charge in [0.15, 0.2) is 0 Å². The zero-order valence-corrected chi connectivity index (χ0v) is 13.8. The number of ether oxygens (including phenoxy) is 1. The van der Waals surface area contributed by atoms with Crippen LogP contribution in [0.5, 0.6) is 0 Å². The fraction of sp³-hybridized carbons (Fsp3) is 0.529. The predicted molar refractivity (Wildman–Crippen MR) is 88.0 cm³/mol. The van der Waals surface area contributed by atoms with Crippen LogP contribution in [0.25, 0.3) is 11.4 Å². The van der Waals surface area contributed by atoms with Crippen LogP contribution in [-0.4, -0.2) is 53.9 Å². The Morgan fingerprint density at radius 2 is 2.04 bits per heavy atom. The van der Waals surface area contributed by atoms with Crippen LogP contribution >= 0.6 is 0 Å². The second-order valence-electron chi connectivity index (χ2n) is 6.02. The van der Waals surface area contributed by atoms with E-state index in [0.717, 1.165) is 44.0 Å². The van der Waals surface area contributed by atoms with Crippen molar-refractivity contribution in [3.63, 3.8) is 0 Å². The molecule has 0 bridgehead atoms. The Hall–Kier alpha value is -1.76. The van der Waals surface area contributed by atoms with Crippen molar-refractivity contribution in [1.29, 1.82) is 0 Å². The summed E-state index contributed by atoms with van der Waals surface area (Å²) in [5.74, 6) is 1.28. The first-order valence-corrected chi connectivity index (χ1v) is 8.14. The Morgan fingerprint density at radius 3 is 2.83 bits per heavy atom. The molecule has 0 spiro atoms. The number of hydrogen-bond donors (Lipinski definition) is 1. The molecule has 1 unspecified atom stereocenters. The summed E-state index contributed by atoms with van der Waals surface area (Å²) in [4.78, 5) is 6.90. The molecule has 1 aliphatic rings. The van der Waals surface area contributed by atoms with Gasteiger partial charge in [0.2, 0.25) is 11.7 Å². The first kappa shape index (κ1) is 16.1. The maximum Gasteiger partial charge on any atom is 0.240 e. The molecule has 0 radical (unpaired) electrons. The molecule has 1 aromatic carbocycles. The van der Waals surface area contributed by atoms with Crippen molar-refractivity contribution in [2.75, 3.05) is 32.8 Å². The van der Waals surface area contributed by atoms with Crippen LogP contribution in [0.4, 0.5) is 0 Å². The first-order valence-electron chi connectivity index (χ1n) is 8.14. The molecule has 1 aromatic heterocycles. The van der Waals surface area contributed by atoms with Crippen molar-refractivity contribution in [2.24, 2.45) is 0 Å². The maximum atomic E-state index is 5.37. The zero-order valence-electron chi connectivity index (χ0n) is 13.8. The van der Waals surface area contributed by atoms with E-state index in [9.17, 15) is 0 Å². The van der Waals surface area contributed by atoms with Gasteiger partial charge in [0.05, 0.1) is 19.8 Å². The number of nitrogens with zero attached hydrogens (tertiary/aromatic N) is 3. The minimum Gasteiger partial charge on any atom is -0.379 e. The first-order chi connectivity index (χ1) is 11.2. The lowest BCUT2D eigenvalue weighted by Gasteiger charge is -2.29. The average molecular weight is 316 g/mol. The number of hydrogen-bond acceptors (Lipinski definition) is 6. The van der Waals surface area contributed by atoms with E-state index in [1.807, 2.05) is 31.2 Å². The molecule has 3 rings (SSSR count). The Morgan fingerprint density at radius 1 is 1.26 bits per heavy atom. The predicted octanol–water partition coefficient (Wildman–Crippen LogP) is 1.86. The fourth-order valence-electron chi connectivity index (χ4n) is 2.76. The lowest BCUT2D eigenvalue weighted by atomic mass is 10.1. The van der Waals surface area contributed by atoms with Crippen molar-refractivity contribution < 1.29 is 9.26 Å². The van der Waals surface area contributed by atoms with Crippen LogP contribution in [0.3, 0.4) is 0 Å². The van der Waals surface area contributed by atoms with Crippen LogP contribution in [0, 0.1) is 6.92 Å². The number of aromatic nitrogens is 2. The van der Waals surface area contributed by atoms with Crippen molar-refractivity contribution in [3.05, 3.63) is 35.7 Å². The van der Waals surface area contributed by atoms with E-state index in [1.165, 1.54) is 0 Å². The number of aryl methyl sites for hydroxylation is 1. The van der Waals surface area contributed by atoms with Crippen molar-refractivity contribution in [1.82, 2.24) is 20.4 Å². The SMILES string of the molecule is Cc1ccccc1-c1noc(CNC(C)CN2CCOCC2)n1. The van der Waals surface area contributed by atoms with E-state index in [0.29, 0.717) is 24.3 Å². The summed E-state index contributed by atoms with van der Waals surface area (Å²) in [6.45, 7) is 9.48. The molecule has 6 nitrogen and oxygen atoms in total. The molecule has 0 saturated carbocycles. The fourth-order valence-corrected chi connectivity index (χ4v) is 2.76. The smallest absolute Gasteiger partial charge is 0.240 e. The normalized spacial score (nSPS) is 17.3. The summed E-state index contributed by atoms with van der Waals surface area (Å²) >= 11 is 0. The van der Waals surface area contributed by atoms with Crippen LogP contribution in [-0.2, 0) is 11.3 Å². The molecular formula is C17H24N4O2. The molecule has 1 saturated heterocycles. The Bertz CT molecular complexity index is 623. The summed E-state index contributed by atoms with van der Waals surface area (Å²) in [6.07, 6.45) is 0. The molecule has 1 atom stereocenters. The van der Waals surface area contributed by atoms with E-state index >= 15 is 0 Å². The van der Waals surface area contributed by atoms with Gasteiger partial charge in [0.25, 0.3) is 0 Å². The largest absolute Gasteiger partial charge is 0.379 e. The minimum absolute atomic E-state index is 0.363. The molecule has 23 heavy (non-hydrogen) atoms. The highest BCUT2D eigenvalue weighted by atomic mass is 16.5. The summed E-state index contributed by atoms with van der Waals surface area (Å²) in [5.41, 5.74) is 2.16. The maximum absolute atomic E-state index is 5.37. The highest BCUT2D eigenvalue weighted by Crippen LogP contribution is 2.19. The quantitative estimate of drug-likeness (QED) is 0.877. The van der Waals surface area contributed by atoms with Gasteiger partial charge in [-0.3, -0.25) is 4.90 Å².